The lowest BCUT2D eigenvalue weighted by Gasteiger charge is -2.19. The molecule has 0 saturated heterocycles. The van der Waals surface area contributed by atoms with Gasteiger partial charge in [-0.25, -0.2) is 4.98 Å². The summed E-state index contributed by atoms with van der Waals surface area (Å²) in [5.41, 5.74) is 2.63. The van der Waals surface area contributed by atoms with E-state index >= 15 is 0 Å². The number of hydrogen-bond acceptors (Lipinski definition) is 4. The van der Waals surface area contributed by atoms with E-state index in [2.05, 4.69) is 34.1 Å². The lowest BCUT2D eigenvalue weighted by atomic mass is 10.1. The molecule has 2 rings (SSSR count). The summed E-state index contributed by atoms with van der Waals surface area (Å²) in [7, 11) is 1.89. The molecule has 0 saturated carbocycles. The minimum absolute atomic E-state index is 0.0985. The van der Waals surface area contributed by atoms with Crippen molar-refractivity contribution in [2.24, 2.45) is 7.05 Å². The molecule has 0 spiro atoms. The zero-order chi connectivity index (χ0) is 17.0. The Morgan fingerprint density at radius 1 is 1.30 bits per heavy atom. The van der Waals surface area contributed by atoms with Gasteiger partial charge in [0.15, 0.2) is 0 Å². The van der Waals surface area contributed by atoms with Gasteiger partial charge in [0.1, 0.15) is 5.82 Å². The molecule has 0 unspecified atom stereocenters. The van der Waals surface area contributed by atoms with Crippen molar-refractivity contribution in [3.8, 4) is 0 Å². The van der Waals surface area contributed by atoms with Crippen LogP contribution in [0, 0.1) is 6.92 Å². The van der Waals surface area contributed by atoms with Crippen LogP contribution in [0.2, 0.25) is 0 Å². The van der Waals surface area contributed by atoms with Crippen molar-refractivity contribution < 1.29 is 4.79 Å². The second-order valence-corrected chi connectivity index (χ2v) is 5.58. The molecular formula is C17H25N5O. The van der Waals surface area contributed by atoms with Crippen LogP contribution >= 0.6 is 0 Å². The van der Waals surface area contributed by atoms with Gasteiger partial charge < -0.3 is 10.2 Å². The van der Waals surface area contributed by atoms with E-state index < -0.39 is 0 Å². The second kappa shape index (κ2) is 7.26. The summed E-state index contributed by atoms with van der Waals surface area (Å²) in [5.74, 6) is 0.766. The first kappa shape index (κ1) is 17.0. The molecule has 1 amide bonds. The highest BCUT2D eigenvalue weighted by molar-refractivity contribution is 5.94. The molecule has 1 N–H and O–H groups in total. The number of carbonyl (C=O) groups is 1. The Bertz CT molecular complexity index is 658. The van der Waals surface area contributed by atoms with E-state index in [0.29, 0.717) is 5.56 Å². The third-order valence-corrected chi connectivity index (χ3v) is 4.18. The van der Waals surface area contributed by atoms with Crippen molar-refractivity contribution in [1.29, 1.82) is 0 Å². The molecular weight excluding hydrogens is 290 g/mol. The van der Waals surface area contributed by atoms with Crippen molar-refractivity contribution >= 4 is 11.7 Å². The molecule has 124 valence electrons. The number of nitrogens with one attached hydrogen (secondary N) is 1. The van der Waals surface area contributed by atoms with E-state index in [1.54, 1.807) is 17.1 Å². The highest BCUT2D eigenvalue weighted by Crippen LogP contribution is 2.17. The summed E-state index contributed by atoms with van der Waals surface area (Å²) in [5, 5.41) is 7.21. The number of anilines is 1. The molecule has 0 bridgehead atoms. The van der Waals surface area contributed by atoms with E-state index in [4.69, 9.17) is 0 Å². The summed E-state index contributed by atoms with van der Waals surface area (Å²) >= 11 is 0. The third-order valence-electron chi connectivity index (χ3n) is 4.18. The van der Waals surface area contributed by atoms with Gasteiger partial charge in [-0.05, 0) is 39.8 Å². The number of nitrogens with zero attached hydrogens (tertiary/aromatic N) is 4. The normalized spacial score (nSPS) is 12.0. The maximum absolute atomic E-state index is 12.4. The van der Waals surface area contributed by atoms with E-state index in [1.807, 2.05) is 33.0 Å². The van der Waals surface area contributed by atoms with Gasteiger partial charge in [0.05, 0.1) is 17.8 Å². The minimum Gasteiger partial charge on any atom is -0.357 e. The zero-order valence-corrected chi connectivity index (χ0v) is 14.5. The summed E-state index contributed by atoms with van der Waals surface area (Å²) in [6, 6.07) is 3.61. The van der Waals surface area contributed by atoms with Crippen LogP contribution in [0.5, 0.6) is 0 Å². The van der Waals surface area contributed by atoms with Gasteiger partial charge in [-0.1, -0.05) is 0 Å². The molecule has 0 radical (unpaired) electrons. The van der Waals surface area contributed by atoms with Gasteiger partial charge in [-0.15, -0.1) is 0 Å². The average Bonchev–Trinajstić information content (AvgIpc) is 2.88. The van der Waals surface area contributed by atoms with Crippen LogP contribution in [0.25, 0.3) is 0 Å². The maximum atomic E-state index is 12.4. The van der Waals surface area contributed by atoms with Gasteiger partial charge in [0.25, 0.3) is 5.91 Å². The predicted octanol–water partition coefficient (Wildman–Crippen LogP) is 2.46. The van der Waals surface area contributed by atoms with Crippen molar-refractivity contribution in [1.82, 2.24) is 20.1 Å². The number of amides is 1. The first-order valence-electron chi connectivity index (χ1n) is 7.98. The first-order valence-corrected chi connectivity index (χ1v) is 7.98. The molecule has 2 heterocycles. The molecule has 2 aromatic rings. The summed E-state index contributed by atoms with van der Waals surface area (Å²) in [4.78, 5) is 18.9. The highest BCUT2D eigenvalue weighted by Gasteiger charge is 2.16. The monoisotopic (exact) mass is 315 g/mol. The van der Waals surface area contributed by atoms with Crippen molar-refractivity contribution in [2.75, 3.05) is 18.0 Å². The van der Waals surface area contributed by atoms with Crippen LogP contribution in [-0.2, 0) is 7.05 Å². The van der Waals surface area contributed by atoms with E-state index in [0.717, 1.165) is 30.2 Å². The van der Waals surface area contributed by atoms with Gasteiger partial charge in [0, 0.05) is 37.6 Å². The van der Waals surface area contributed by atoms with E-state index in [-0.39, 0.29) is 11.9 Å². The fraction of sp³-hybridized carbons (Fsp3) is 0.471. The van der Waals surface area contributed by atoms with E-state index in [9.17, 15) is 4.79 Å². The quantitative estimate of drug-likeness (QED) is 0.889. The van der Waals surface area contributed by atoms with E-state index in [1.165, 1.54) is 0 Å². The molecule has 0 aromatic carbocycles. The van der Waals surface area contributed by atoms with Crippen molar-refractivity contribution in [2.45, 2.75) is 33.7 Å². The molecule has 6 heteroatoms. The molecule has 1 atom stereocenters. The summed E-state index contributed by atoms with van der Waals surface area (Å²) in [6.45, 7) is 9.91. The number of pyridine rings is 1. The Morgan fingerprint density at radius 3 is 2.48 bits per heavy atom. The highest BCUT2D eigenvalue weighted by atomic mass is 16.1. The third kappa shape index (κ3) is 3.70. The van der Waals surface area contributed by atoms with Crippen LogP contribution in [0.3, 0.4) is 0 Å². The van der Waals surface area contributed by atoms with Crippen LogP contribution in [-0.4, -0.2) is 33.8 Å². The Balaban J connectivity index is 2.07. The maximum Gasteiger partial charge on any atom is 0.253 e. The summed E-state index contributed by atoms with van der Waals surface area (Å²) < 4.78 is 1.80. The molecule has 0 fully saturated rings. The molecule has 0 aliphatic heterocycles. The zero-order valence-electron chi connectivity index (χ0n) is 14.5. The van der Waals surface area contributed by atoms with Gasteiger partial charge >= 0.3 is 0 Å². The van der Waals surface area contributed by atoms with Crippen LogP contribution in [0.1, 0.15) is 48.4 Å². The molecule has 6 nitrogen and oxygen atoms in total. The average molecular weight is 315 g/mol. The Kier molecular flexibility index (Phi) is 5.36. The number of carbonyl (C=O) groups excluding carboxylic acids is 1. The first-order chi connectivity index (χ1) is 11.0. The van der Waals surface area contributed by atoms with Crippen molar-refractivity contribution in [3.63, 3.8) is 0 Å². The van der Waals surface area contributed by atoms with Gasteiger partial charge in [-0.3, -0.25) is 9.48 Å². The van der Waals surface area contributed by atoms with Crippen LogP contribution < -0.4 is 10.2 Å². The number of aromatic nitrogens is 3. The lowest BCUT2D eigenvalue weighted by Crippen LogP contribution is -2.27. The van der Waals surface area contributed by atoms with Crippen molar-refractivity contribution in [3.05, 3.63) is 41.3 Å². The summed E-state index contributed by atoms with van der Waals surface area (Å²) in [6.07, 6.45) is 3.42. The van der Waals surface area contributed by atoms with Gasteiger partial charge in [0.2, 0.25) is 0 Å². The Labute approximate surface area is 137 Å². The predicted molar refractivity (Wildman–Crippen MR) is 91.6 cm³/mol. The number of rotatable bonds is 6. The SMILES string of the molecule is CCN(CC)c1ccc(C(=O)N[C@@H](C)c2cnn(C)c2C)cn1. The largest absolute Gasteiger partial charge is 0.357 e. The topological polar surface area (TPSA) is 63.1 Å². The molecule has 23 heavy (non-hydrogen) atoms. The van der Waals surface area contributed by atoms with Crippen LogP contribution in [0.4, 0.5) is 5.82 Å². The number of hydrogen-bond donors (Lipinski definition) is 1. The molecule has 2 aromatic heterocycles. The Morgan fingerprint density at radius 2 is 2.00 bits per heavy atom. The standard InChI is InChI=1S/C17H25N5O/c1-6-22(7-2)16-9-8-14(10-18-16)17(23)20-12(3)15-11-19-21(5)13(15)4/h8-12H,6-7H2,1-5H3,(H,20,23)/t12-/m0/s1. The minimum atomic E-state index is -0.126. The fourth-order valence-corrected chi connectivity index (χ4v) is 2.55. The molecule has 0 aliphatic carbocycles. The lowest BCUT2D eigenvalue weighted by molar-refractivity contribution is 0.0939. The Hall–Kier alpha value is -2.37. The van der Waals surface area contributed by atoms with Gasteiger partial charge in [-0.2, -0.15) is 5.10 Å². The molecule has 0 aliphatic rings. The fourth-order valence-electron chi connectivity index (χ4n) is 2.55. The number of aryl methyl sites for hydroxylation is 1. The smallest absolute Gasteiger partial charge is 0.253 e. The van der Waals surface area contributed by atoms with Crippen LogP contribution in [0.15, 0.2) is 24.5 Å². The second-order valence-electron chi connectivity index (χ2n) is 5.58.